The molecule has 0 heterocycles. The summed E-state index contributed by atoms with van der Waals surface area (Å²) in [6, 6.07) is 4.51. The number of aromatic hydroxyl groups is 1. The van der Waals surface area contributed by atoms with Crippen molar-refractivity contribution >= 4 is 24.0 Å². The minimum Gasteiger partial charge on any atom is -0.508 e. The molecule has 2 N–H and O–H groups in total. The smallest absolute Gasteiger partial charge is 0.133 e. The first-order valence-electron chi connectivity index (χ1n) is 8.83. The van der Waals surface area contributed by atoms with Crippen LogP contribution in [-0.2, 0) is 6.42 Å². The molecule has 2 rings (SSSR count). The molecule has 0 radical (unpaired) electrons. The van der Waals surface area contributed by atoms with Crippen LogP contribution >= 0.6 is 15.9 Å². The van der Waals surface area contributed by atoms with E-state index in [2.05, 4.69) is 42.5 Å². The molecule has 1 fully saturated rings. The predicted octanol–water partition coefficient (Wildman–Crippen LogP) is 5.21. The largest absolute Gasteiger partial charge is 0.508 e. The zero-order chi connectivity index (χ0) is 18.1. The van der Waals surface area contributed by atoms with Gasteiger partial charge in [0, 0.05) is 8.07 Å². The summed E-state index contributed by atoms with van der Waals surface area (Å²) >= 11 is 3.41. The summed E-state index contributed by atoms with van der Waals surface area (Å²) in [5.41, 5.74) is 0.248. The number of hydrogen-bond donors (Lipinski definition) is 2. The van der Waals surface area contributed by atoms with Gasteiger partial charge in [0.15, 0.2) is 0 Å². The van der Waals surface area contributed by atoms with Crippen molar-refractivity contribution in [3.8, 4) is 11.5 Å². The molecule has 0 bridgehead atoms. The van der Waals surface area contributed by atoms with Gasteiger partial charge >= 0.3 is 0 Å². The Morgan fingerprint density at radius 1 is 1.33 bits per heavy atom. The van der Waals surface area contributed by atoms with E-state index < -0.39 is 13.7 Å². The van der Waals surface area contributed by atoms with Crippen LogP contribution in [0.2, 0.25) is 25.7 Å². The average Bonchev–Trinajstić information content (AvgIpc) is 2.43. The molecule has 1 saturated carbocycles. The van der Waals surface area contributed by atoms with Crippen LogP contribution in [0.5, 0.6) is 11.5 Å². The second-order valence-electron chi connectivity index (χ2n) is 8.64. The second kappa shape index (κ2) is 7.38. The molecule has 0 saturated heterocycles. The number of ether oxygens (including phenoxy) is 1. The van der Waals surface area contributed by atoms with Crippen molar-refractivity contribution in [1.29, 1.82) is 0 Å². The van der Waals surface area contributed by atoms with Gasteiger partial charge in [0.2, 0.25) is 0 Å². The number of halogens is 1. The summed E-state index contributed by atoms with van der Waals surface area (Å²) in [4.78, 5) is 0. The van der Waals surface area contributed by atoms with Crippen molar-refractivity contribution in [3.63, 3.8) is 0 Å². The summed E-state index contributed by atoms with van der Waals surface area (Å²) in [6.07, 6.45) is 3.81. The fourth-order valence-electron chi connectivity index (χ4n) is 4.32. The minimum absolute atomic E-state index is 0.176. The molecule has 0 aliphatic heterocycles. The van der Waals surface area contributed by atoms with E-state index in [0.29, 0.717) is 12.3 Å². The van der Waals surface area contributed by atoms with Crippen LogP contribution in [0.1, 0.15) is 31.7 Å². The third-order valence-electron chi connectivity index (χ3n) is 5.28. The van der Waals surface area contributed by atoms with Crippen molar-refractivity contribution in [3.05, 3.63) is 22.2 Å². The molecular formula is C19H31BrO3Si. The lowest BCUT2D eigenvalue weighted by Crippen LogP contribution is -2.49. The molecule has 5 heteroatoms. The van der Waals surface area contributed by atoms with Crippen molar-refractivity contribution in [1.82, 2.24) is 0 Å². The average molecular weight is 415 g/mol. The quantitative estimate of drug-likeness (QED) is 0.649. The van der Waals surface area contributed by atoms with Gasteiger partial charge in [-0.1, -0.05) is 39.4 Å². The molecule has 1 aromatic rings. The number of aliphatic hydroxyl groups is 1. The van der Waals surface area contributed by atoms with E-state index in [1.165, 1.54) is 0 Å². The van der Waals surface area contributed by atoms with Gasteiger partial charge in [0.05, 0.1) is 17.2 Å². The van der Waals surface area contributed by atoms with Crippen LogP contribution < -0.4 is 4.74 Å². The molecule has 0 amide bonds. The first-order chi connectivity index (χ1) is 11.1. The van der Waals surface area contributed by atoms with E-state index in [9.17, 15) is 10.2 Å². The normalized spacial score (nSPS) is 28.0. The highest BCUT2D eigenvalue weighted by Gasteiger charge is 2.45. The van der Waals surface area contributed by atoms with E-state index in [1.807, 2.05) is 6.07 Å². The molecule has 3 unspecified atom stereocenters. The number of phenolic OH excluding ortho intramolecular Hbond substituents is 1. The van der Waals surface area contributed by atoms with Gasteiger partial charge < -0.3 is 14.9 Å². The van der Waals surface area contributed by atoms with Crippen LogP contribution in [0.4, 0.5) is 0 Å². The standard InChI is InChI=1S/C19H31BrO3Si/c1-13-7-6-8-19(22,12-24(3,4)5)15(13)9-14-10-18(23-2)16(20)11-17(14)21/h10-11,13,15,21-22H,6-9,12H2,1-5H3. The Morgan fingerprint density at radius 3 is 2.58 bits per heavy atom. The molecule has 0 aromatic heterocycles. The minimum atomic E-state index is -1.39. The van der Waals surface area contributed by atoms with Crippen molar-refractivity contribution in [2.75, 3.05) is 7.11 Å². The third-order valence-corrected chi connectivity index (χ3v) is 7.57. The van der Waals surface area contributed by atoms with E-state index >= 15 is 0 Å². The molecule has 1 aromatic carbocycles. The summed E-state index contributed by atoms with van der Waals surface area (Å²) in [6.45, 7) is 9.20. The Labute approximate surface area is 155 Å². The summed E-state index contributed by atoms with van der Waals surface area (Å²) in [5, 5.41) is 21.9. The number of phenols is 1. The SMILES string of the molecule is COc1cc(CC2C(C)CCCC2(O)C[Si](C)(C)C)c(O)cc1Br. The highest BCUT2D eigenvalue weighted by atomic mass is 79.9. The van der Waals surface area contributed by atoms with Gasteiger partial charge in [0.1, 0.15) is 11.5 Å². The first-order valence-corrected chi connectivity index (χ1v) is 13.3. The zero-order valence-electron chi connectivity index (χ0n) is 15.5. The lowest BCUT2D eigenvalue weighted by Gasteiger charge is -2.46. The Bertz CT molecular complexity index is 585. The maximum Gasteiger partial charge on any atom is 0.133 e. The monoisotopic (exact) mass is 414 g/mol. The summed E-state index contributed by atoms with van der Waals surface area (Å²) in [7, 11) is 0.240. The van der Waals surface area contributed by atoms with Gasteiger partial charge in [-0.25, -0.2) is 0 Å². The van der Waals surface area contributed by atoms with Crippen molar-refractivity contribution in [2.24, 2.45) is 11.8 Å². The number of methoxy groups -OCH3 is 1. The van der Waals surface area contributed by atoms with E-state index in [0.717, 1.165) is 41.1 Å². The van der Waals surface area contributed by atoms with Crippen LogP contribution in [0.25, 0.3) is 0 Å². The summed E-state index contributed by atoms with van der Waals surface area (Å²) in [5.74, 6) is 1.62. The van der Waals surface area contributed by atoms with Gasteiger partial charge in [-0.15, -0.1) is 0 Å². The van der Waals surface area contributed by atoms with Gasteiger partial charge in [0.25, 0.3) is 0 Å². The Morgan fingerprint density at radius 2 is 2.00 bits per heavy atom. The molecule has 24 heavy (non-hydrogen) atoms. The number of rotatable bonds is 5. The molecule has 136 valence electrons. The lowest BCUT2D eigenvalue weighted by molar-refractivity contribution is -0.0558. The lowest BCUT2D eigenvalue weighted by atomic mass is 9.68. The van der Waals surface area contributed by atoms with E-state index in [4.69, 9.17) is 4.74 Å². The van der Waals surface area contributed by atoms with Gasteiger partial charge in [-0.05, 0) is 64.3 Å². The number of benzene rings is 1. The Balaban J connectivity index is 2.33. The predicted molar refractivity (Wildman–Crippen MR) is 106 cm³/mol. The van der Waals surface area contributed by atoms with Crippen LogP contribution in [0, 0.1) is 11.8 Å². The van der Waals surface area contributed by atoms with Crippen molar-refractivity contribution in [2.45, 2.75) is 63.9 Å². The summed E-state index contributed by atoms with van der Waals surface area (Å²) < 4.78 is 6.13. The first kappa shape index (κ1) is 19.8. The molecule has 3 atom stereocenters. The molecule has 0 spiro atoms. The fraction of sp³-hybridized carbons (Fsp3) is 0.684. The van der Waals surface area contributed by atoms with Crippen molar-refractivity contribution < 1.29 is 14.9 Å². The Kier molecular flexibility index (Phi) is 6.09. The number of hydrogen-bond acceptors (Lipinski definition) is 3. The molecule has 1 aliphatic rings. The molecule has 1 aliphatic carbocycles. The zero-order valence-corrected chi connectivity index (χ0v) is 18.1. The van der Waals surface area contributed by atoms with Crippen LogP contribution in [0.3, 0.4) is 0 Å². The molecular weight excluding hydrogens is 384 g/mol. The van der Waals surface area contributed by atoms with E-state index in [1.54, 1.807) is 13.2 Å². The van der Waals surface area contributed by atoms with E-state index in [-0.39, 0.29) is 11.7 Å². The van der Waals surface area contributed by atoms with Crippen LogP contribution in [0.15, 0.2) is 16.6 Å². The highest BCUT2D eigenvalue weighted by Crippen LogP contribution is 2.45. The van der Waals surface area contributed by atoms with Crippen LogP contribution in [-0.4, -0.2) is 31.0 Å². The third kappa shape index (κ3) is 4.55. The maximum absolute atomic E-state index is 11.5. The Hall–Kier alpha value is -0.523. The fourth-order valence-corrected chi connectivity index (χ4v) is 7.09. The highest BCUT2D eigenvalue weighted by molar-refractivity contribution is 9.10. The van der Waals surface area contributed by atoms with Gasteiger partial charge in [-0.2, -0.15) is 0 Å². The topological polar surface area (TPSA) is 49.7 Å². The molecule has 3 nitrogen and oxygen atoms in total. The second-order valence-corrected chi connectivity index (χ2v) is 15.0. The van der Waals surface area contributed by atoms with Gasteiger partial charge in [-0.3, -0.25) is 0 Å². The maximum atomic E-state index is 11.5.